The molecule has 2 heterocycles. The minimum atomic E-state index is 0.0749. The maximum absolute atomic E-state index is 6.06. The number of ether oxygens (including phenoxy) is 1. The third-order valence-corrected chi connectivity index (χ3v) is 4.59. The minimum absolute atomic E-state index is 0.0749. The van der Waals surface area contributed by atoms with E-state index in [0.717, 1.165) is 37.1 Å². The van der Waals surface area contributed by atoms with Crippen molar-refractivity contribution in [1.29, 1.82) is 0 Å². The molecule has 0 amide bonds. The van der Waals surface area contributed by atoms with E-state index in [0.29, 0.717) is 5.92 Å². The molecule has 1 aromatic rings. The smallest absolute Gasteiger partial charge is 0.191 e. The maximum atomic E-state index is 6.06. The average molecular weight is 335 g/mol. The highest BCUT2D eigenvalue weighted by Gasteiger charge is 2.35. The van der Waals surface area contributed by atoms with Crippen molar-refractivity contribution in [3.8, 4) is 0 Å². The van der Waals surface area contributed by atoms with Gasteiger partial charge in [-0.25, -0.2) is 0 Å². The molecule has 0 saturated carbocycles. The highest BCUT2D eigenvalue weighted by Crippen LogP contribution is 2.33. The standard InChI is InChI=1S/C19H33N3O2/c1-13-9-10-16(24-13)14(2)22-18(20-6)21-12-15-8-7-11-23-17(15)19(3,4)5/h9-10,14-15,17H,7-8,11-12H2,1-6H3,(H2,20,21,22). The Kier molecular flexibility index (Phi) is 6.33. The third-order valence-electron chi connectivity index (χ3n) is 4.59. The van der Waals surface area contributed by atoms with E-state index in [2.05, 4.69) is 43.3 Å². The van der Waals surface area contributed by atoms with Crippen LogP contribution in [0.2, 0.25) is 0 Å². The van der Waals surface area contributed by atoms with Crippen LogP contribution in [0, 0.1) is 18.3 Å². The molecule has 1 saturated heterocycles. The fraction of sp³-hybridized carbons (Fsp3) is 0.737. The molecular weight excluding hydrogens is 302 g/mol. The lowest BCUT2D eigenvalue weighted by molar-refractivity contribution is -0.0835. The van der Waals surface area contributed by atoms with Crippen molar-refractivity contribution in [2.75, 3.05) is 20.2 Å². The first-order valence-electron chi connectivity index (χ1n) is 8.96. The SMILES string of the molecule is CN=C(NCC1CCCOC1C(C)(C)C)NC(C)c1ccc(C)o1. The monoisotopic (exact) mass is 335 g/mol. The highest BCUT2D eigenvalue weighted by atomic mass is 16.5. The molecule has 0 spiro atoms. The summed E-state index contributed by atoms with van der Waals surface area (Å²) in [7, 11) is 1.80. The molecule has 1 aliphatic rings. The topological polar surface area (TPSA) is 58.8 Å². The van der Waals surface area contributed by atoms with Crippen molar-refractivity contribution >= 4 is 5.96 Å². The van der Waals surface area contributed by atoms with Crippen LogP contribution in [0.1, 0.15) is 58.1 Å². The number of nitrogens with one attached hydrogen (secondary N) is 2. The van der Waals surface area contributed by atoms with Gasteiger partial charge in [-0.1, -0.05) is 20.8 Å². The van der Waals surface area contributed by atoms with E-state index < -0.39 is 0 Å². The van der Waals surface area contributed by atoms with E-state index in [1.807, 2.05) is 19.1 Å². The van der Waals surface area contributed by atoms with Crippen LogP contribution in [0.3, 0.4) is 0 Å². The predicted octanol–water partition coefficient (Wildman–Crippen LogP) is 3.66. The lowest BCUT2D eigenvalue weighted by atomic mass is 9.78. The van der Waals surface area contributed by atoms with Gasteiger partial charge in [0.15, 0.2) is 5.96 Å². The first kappa shape index (κ1) is 18.8. The fourth-order valence-electron chi connectivity index (χ4n) is 3.39. The molecule has 0 radical (unpaired) electrons. The van der Waals surface area contributed by atoms with Crippen LogP contribution in [0.15, 0.2) is 21.5 Å². The molecule has 24 heavy (non-hydrogen) atoms. The Morgan fingerprint density at radius 1 is 1.38 bits per heavy atom. The van der Waals surface area contributed by atoms with Crippen molar-refractivity contribution < 1.29 is 9.15 Å². The number of hydrogen-bond donors (Lipinski definition) is 2. The number of rotatable bonds is 4. The van der Waals surface area contributed by atoms with Crippen molar-refractivity contribution in [3.63, 3.8) is 0 Å². The van der Waals surface area contributed by atoms with Gasteiger partial charge in [-0.3, -0.25) is 4.99 Å². The van der Waals surface area contributed by atoms with E-state index in [1.54, 1.807) is 7.05 Å². The lowest BCUT2D eigenvalue weighted by Gasteiger charge is -2.40. The predicted molar refractivity (Wildman–Crippen MR) is 98.3 cm³/mol. The fourth-order valence-corrected chi connectivity index (χ4v) is 3.39. The van der Waals surface area contributed by atoms with Crippen molar-refractivity contribution in [3.05, 3.63) is 23.7 Å². The molecule has 3 unspecified atom stereocenters. The first-order valence-corrected chi connectivity index (χ1v) is 8.96. The number of guanidine groups is 1. The van der Waals surface area contributed by atoms with E-state index in [4.69, 9.17) is 9.15 Å². The quantitative estimate of drug-likeness (QED) is 0.651. The Balaban J connectivity index is 1.90. The van der Waals surface area contributed by atoms with Crippen molar-refractivity contribution in [2.24, 2.45) is 16.3 Å². The van der Waals surface area contributed by atoms with Gasteiger partial charge in [0.25, 0.3) is 0 Å². The van der Waals surface area contributed by atoms with Gasteiger partial charge >= 0.3 is 0 Å². The Bertz CT molecular complexity index is 545. The Morgan fingerprint density at radius 2 is 2.12 bits per heavy atom. The van der Waals surface area contributed by atoms with Crippen LogP contribution in [0.25, 0.3) is 0 Å². The summed E-state index contributed by atoms with van der Waals surface area (Å²) in [6, 6.07) is 4.06. The van der Waals surface area contributed by atoms with E-state index >= 15 is 0 Å². The lowest BCUT2D eigenvalue weighted by Crippen LogP contribution is -2.47. The maximum Gasteiger partial charge on any atom is 0.191 e. The summed E-state index contributed by atoms with van der Waals surface area (Å²) >= 11 is 0. The van der Waals surface area contributed by atoms with E-state index in [1.165, 1.54) is 6.42 Å². The largest absolute Gasteiger partial charge is 0.464 e. The zero-order chi connectivity index (χ0) is 17.7. The summed E-state index contributed by atoms with van der Waals surface area (Å²) in [6.07, 6.45) is 2.60. The molecule has 0 bridgehead atoms. The van der Waals surface area contributed by atoms with Crippen LogP contribution < -0.4 is 10.6 Å². The second kappa shape index (κ2) is 8.06. The summed E-state index contributed by atoms with van der Waals surface area (Å²) in [5.74, 6) is 3.14. The average Bonchev–Trinajstić information content (AvgIpc) is 2.97. The molecule has 1 fully saturated rings. The molecule has 0 aliphatic carbocycles. The van der Waals surface area contributed by atoms with Gasteiger partial charge < -0.3 is 19.8 Å². The van der Waals surface area contributed by atoms with E-state index in [9.17, 15) is 0 Å². The van der Waals surface area contributed by atoms with Gasteiger partial charge in [-0.15, -0.1) is 0 Å². The highest BCUT2D eigenvalue weighted by molar-refractivity contribution is 5.80. The molecule has 3 atom stereocenters. The number of nitrogens with zero attached hydrogens (tertiary/aromatic N) is 1. The summed E-state index contributed by atoms with van der Waals surface area (Å²) in [4.78, 5) is 4.34. The molecular formula is C19H33N3O2. The Hall–Kier alpha value is -1.49. The van der Waals surface area contributed by atoms with Crippen LogP contribution in [0.5, 0.6) is 0 Å². The van der Waals surface area contributed by atoms with E-state index in [-0.39, 0.29) is 17.6 Å². The normalized spacial score (nSPS) is 23.8. The van der Waals surface area contributed by atoms with Crippen LogP contribution in [-0.4, -0.2) is 32.3 Å². The summed E-state index contributed by atoms with van der Waals surface area (Å²) in [5.41, 5.74) is 0.155. The zero-order valence-electron chi connectivity index (χ0n) is 16.0. The molecule has 2 rings (SSSR count). The number of aliphatic imine (C=N–C) groups is 1. The van der Waals surface area contributed by atoms with Gasteiger partial charge in [0, 0.05) is 26.1 Å². The van der Waals surface area contributed by atoms with Gasteiger partial charge in [0.2, 0.25) is 0 Å². The first-order chi connectivity index (χ1) is 11.3. The third kappa shape index (κ3) is 5.00. The second-order valence-corrected chi connectivity index (χ2v) is 7.83. The van der Waals surface area contributed by atoms with Crippen molar-refractivity contribution in [2.45, 2.75) is 59.6 Å². The molecule has 136 valence electrons. The van der Waals surface area contributed by atoms with Gasteiger partial charge in [-0.2, -0.15) is 0 Å². The molecule has 5 nitrogen and oxygen atoms in total. The molecule has 1 aliphatic heterocycles. The molecule has 1 aromatic heterocycles. The molecule has 5 heteroatoms. The number of hydrogen-bond acceptors (Lipinski definition) is 3. The van der Waals surface area contributed by atoms with Gasteiger partial charge in [0.1, 0.15) is 11.5 Å². The van der Waals surface area contributed by atoms with Crippen LogP contribution in [-0.2, 0) is 4.74 Å². The van der Waals surface area contributed by atoms with Crippen LogP contribution in [0.4, 0.5) is 0 Å². The van der Waals surface area contributed by atoms with Gasteiger partial charge in [0.05, 0.1) is 12.1 Å². The zero-order valence-corrected chi connectivity index (χ0v) is 16.0. The Labute approximate surface area is 146 Å². The van der Waals surface area contributed by atoms with Gasteiger partial charge in [-0.05, 0) is 44.2 Å². The number of aryl methyl sites for hydroxylation is 1. The molecule has 0 aromatic carbocycles. The summed E-state index contributed by atoms with van der Waals surface area (Å²) < 4.78 is 11.7. The van der Waals surface area contributed by atoms with Crippen molar-refractivity contribution in [1.82, 2.24) is 10.6 Å². The van der Waals surface area contributed by atoms with Crippen LogP contribution >= 0.6 is 0 Å². The Morgan fingerprint density at radius 3 is 2.71 bits per heavy atom. The minimum Gasteiger partial charge on any atom is -0.464 e. The molecule has 2 N–H and O–H groups in total. The summed E-state index contributed by atoms with van der Waals surface area (Å²) in [6.45, 7) is 12.5. The number of furan rings is 1. The summed E-state index contributed by atoms with van der Waals surface area (Å²) in [5, 5.41) is 6.86. The second-order valence-electron chi connectivity index (χ2n) is 7.83.